The molecular formula is C38H39N3O2. The van der Waals surface area contributed by atoms with Gasteiger partial charge in [0.2, 0.25) is 0 Å². The number of amides is 1. The Kier molecular flexibility index (Phi) is 8.82. The van der Waals surface area contributed by atoms with Crippen molar-refractivity contribution < 1.29 is 9.53 Å². The molecule has 3 aromatic carbocycles. The van der Waals surface area contributed by atoms with Crippen LogP contribution in [-0.2, 0) is 17.6 Å². The molecule has 0 spiro atoms. The monoisotopic (exact) mass is 569 g/mol. The number of benzene rings is 3. The number of methoxy groups -OCH3 is 1. The van der Waals surface area contributed by atoms with Gasteiger partial charge in [0.1, 0.15) is 5.75 Å². The van der Waals surface area contributed by atoms with Gasteiger partial charge in [-0.25, -0.2) is 0 Å². The molecule has 0 bridgehead atoms. The second-order valence-electron chi connectivity index (χ2n) is 10.7. The average Bonchev–Trinajstić information content (AvgIpc) is 3.02. The van der Waals surface area contributed by atoms with Gasteiger partial charge >= 0.3 is 0 Å². The third kappa shape index (κ3) is 6.12. The fourth-order valence-corrected chi connectivity index (χ4v) is 5.75. The lowest BCUT2D eigenvalue weighted by atomic mass is 9.93. The molecule has 0 aliphatic carbocycles. The van der Waals surface area contributed by atoms with Gasteiger partial charge in [0, 0.05) is 41.3 Å². The maximum atomic E-state index is 13.6. The highest BCUT2D eigenvalue weighted by Crippen LogP contribution is 2.38. The third-order valence-electron chi connectivity index (χ3n) is 7.94. The second kappa shape index (κ2) is 12.9. The number of anilines is 2. The molecule has 0 aromatic heterocycles. The summed E-state index contributed by atoms with van der Waals surface area (Å²) in [5, 5.41) is 8.47. The van der Waals surface area contributed by atoms with Gasteiger partial charge in [-0.1, -0.05) is 69.1 Å². The molecule has 0 saturated carbocycles. The summed E-state index contributed by atoms with van der Waals surface area (Å²) in [7, 11) is 1.71. The highest BCUT2D eigenvalue weighted by Gasteiger charge is 2.31. The third-order valence-corrected chi connectivity index (χ3v) is 7.94. The van der Waals surface area contributed by atoms with E-state index in [2.05, 4.69) is 60.4 Å². The molecule has 0 saturated heterocycles. The van der Waals surface area contributed by atoms with Crippen molar-refractivity contribution in [2.24, 2.45) is 0 Å². The maximum Gasteiger partial charge on any atom is 0.257 e. The Morgan fingerprint density at radius 1 is 1.07 bits per heavy atom. The number of carbonyl (C=O) groups excluding carboxylic acids is 1. The largest absolute Gasteiger partial charge is 0.496 e. The number of nitrogens with zero attached hydrogens (tertiary/aromatic N) is 1. The Morgan fingerprint density at radius 3 is 2.49 bits per heavy atom. The zero-order valence-electron chi connectivity index (χ0n) is 25.3. The molecule has 0 atom stereocenters. The summed E-state index contributed by atoms with van der Waals surface area (Å²) in [6.07, 6.45) is 8.49. The molecule has 0 unspecified atom stereocenters. The fourth-order valence-electron chi connectivity index (χ4n) is 5.75. The highest BCUT2D eigenvalue weighted by molar-refractivity contribution is 6.08. The van der Waals surface area contributed by atoms with Gasteiger partial charge in [0.15, 0.2) is 0 Å². The van der Waals surface area contributed by atoms with Crippen LogP contribution in [0.2, 0.25) is 0 Å². The molecule has 0 fully saturated rings. The van der Waals surface area contributed by atoms with E-state index in [0.717, 1.165) is 81.3 Å². The van der Waals surface area contributed by atoms with Gasteiger partial charge in [0.05, 0.1) is 18.4 Å². The first-order valence-corrected chi connectivity index (χ1v) is 14.7. The molecule has 43 heavy (non-hydrogen) atoms. The van der Waals surface area contributed by atoms with E-state index in [4.69, 9.17) is 4.74 Å². The van der Waals surface area contributed by atoms with Crippen LogP contribution in [0.5, 0.6) is 5.75 Å². The Morgan fingerprint density at radius 2 is 1.81 bits per heavy atom. The number of hydrogen-bond donors (Lipinski definition) is 2. The predicted molar refractivity (Wildman–Crippen MR) is 179 cm³/mol. The summed E-state index contributed by atoms with van der Waals surface area (Å²) in [5.41, 5.74) is 9.11. The van der Waals surface area contributed by atoms with Crippen LogP contribution in [0.4, 0.5) is 11.4 Å². The first-order chi connectivity index (χ1) is 20.8. The fraction of sp³-hybridized carbons (Fsp3) is 0.184. The smallest absolute Gasteiger partial charge is 0.257 e. The average molecular weight is 570 g/mol. The van der Waals surface area contributed by atoms with Crippen molar-refractivity contribution in [2.75, 3.05) is 23.9 Å². The SMILES string of the molecule is C=C1NCCC2=C1C=C(C(=O)Nc1ccc(CC(/C=C\C)=c3\cc(OC)c(CC)cc3=C)cc1)C(=C)N2c1ccccc1. The van der Waals surface area contributed by atoms with Crippen LogP contribution in [0.3, 0.4) is 0 Å². The lowest BCUT2D eigenvalue weighted by Crippen LogP contribution is -2.36. The van der Waals surface area contributed by atoms with Gasteiger partial charge in [-0.15, -0.1) is 0 Å². The predicted octanol–water partition coefficient (Wildman–Crippen LogP) is 6.30. The van der Waals surface area contributed by atoms with Crippen LogP contribution in [0.1, 0.15) is 31.4 Å². The zero-order chi connectivity index (χ0) is 30.5. The van der Waals surface area contributed by atoms with Crippen molar-refractivity contribution in [1.82, 2.24) is 5.32 Å². The van der Waals surface area contributed by atoms with Gasteiger partial charge < -0.3 is 20.3 Å². The standard InChI is InChI=1S/C38H39N3O2/c1-7-12-30(33-24-37(43-6)29(8-2)21-25(33)3)22-28-15-17-31(18-16-28)40-38(42)35-23-34-26(4)39-20-19-36(34)41(27(35)5)32-13-10-9-11-14-32/h7,9-18,21,23-24,39H,3-5,8,19-20,22H2,1-2,6H3,(H,40,42)/b12-7-,33-30+. The quantitative estimate of drug-likeness (QED) is 0.335. The molecule has 5 heteroatoms. The summed E-state index contributed by atoms with van der Waals surface area (Å²) in [4.78, 5) is 15.7. The molecule has 5 nitrogen and oxygen atoms in total. The zero-order valence-corrected chi connectivity index (χ0v) is 25.3. The Labute approximate surface area is 254 Å². The number of hydrogen-bond acceptors (Lipinski definition) is 4. The first-order valence-electron chi connectivity index (χ1n) is 14.7. The van der Waals surface area contributed by atoms with Crippen LogP contribution >= 0.6 is 0 Å². The number of carbonyl (C=O) groups is 1. The molecule has 1 amide bonds. The normalized spacial score (nSPS) is 15.6. The number of nitrogens with one attached hydrogen (secondary N) is 2. The van der Waals surface area contributed by atoms with E-state index in [-0.39, 0.29) is 5.91 Å². The highest BCUT2D eigenvalue weighted by atomic mass is 16.5. The van der Waals surface area contributed by atoms with Gasteiger partial charge in [0.25, 0.3) is 5.91 Å². The van der Waals surface area contributed by atoms with Crippen molar-refractivity contribution >= 4 is 29.4 Å². The van der Waals surface area contributed by atoms with Crippen molar-refractivity contribution in [3.8, 4) is 5.75 Å². The molecule has 2 aliphatic heterocycles. The van der Waals surface area contributed by atoms with E-state index in [1.165, 1.54) is 0 Å². The lowest BCUT2D eigenvalue weighted by molar-refractivity contribution is -0.112. The summed E-state index contributed by atoms with van der Waals surface area (Å²) in [5.74, 6) is 0.666. The number of ether oxygens (including phenoxy) is 1. The molecule has 0 radical (unpaired) electrons. The summed E-state index contributed by atoms with van der Waals surface area (Å²) in [6.45, 7) is 17.8. The summed E-state index contributed by atoms with van der Waals surface area (Å²) in [6, 6.07) is 22.2. The van der Waals surface area contributed by atoms with Crippen LogP contribution in [-0.4, -0.2) is 19.6 Å². The topological polar surface area (TPSA) is 53.6 Å². The van der Waals surface area contributed by atoms with Crippen LogP contribution in [0.15, 0.2) is 126 Å². The molecule has 3 aromatic rings. The summed E-state index contributed by atoms with van der Waals surface area (Å²) < 4.78 is 5.66. The minimum atomic E-state index is -0.213. The van der Waals surface area contributed by atoms with E-state index >= 15 is 0 Å². The minimum absolute atomic E-state index is 0.213. The van der Waals surface area contributed by atoms with E-state index in [1.54, 1.807) is 7.11 Å². The molecule has 5 rings (SSSR count). The van der Waals surface area contributed by atoms with Crippen LogP contribution in [0, 0.1) is 0 Å². The number of para-hydroxylation sites is 1. The van der Waals surface area contributed by atoms with Crippen molar-refractivity contribution in [1.29, 1.82) is 0 Å². The molecule has 2 N–H and O–H groups in total. The Hall–Kier alpha value is -5.03. The number of allylic oxidation sites excluding steroid dienone is 3. The van der Waals surface area contributed by atoms with Crippen molar-refractivity contribution in [2.45, 2.75) is 33.1 Å². The molecular weight excluding hydrogens is 530 g/mol. The number of rotatable bonds is 8. The number of aryl methyl sites for hydroxylation is 1. The van der Waals surface area contributed by atoms with E-state index in [9.17, 15) is 4.79 Å². The molecule has 2 aliphatic rings. The van der Waals surface area contributed by atoms with E-state index < -0.39 is 0 Å². The Balaban J connectivity index is 1.40. The van der Waals surface area contributed by atoms with Gasteiger partial charge in [-0.2, -0.15) is 0 Å². The second-order valence-corrected chi connectivity index (χ2v) is 10.7. The summed E-state index contributed by atoms with van der Waals surface area (Å²) >= 11 is 0. The first kappa shape index (κ1) is 29.5. The maximum absolute atomic E-state index is 13.6. The lowest BCUT2D eigenvalue weighted by Gasteiger charge is -2.38. The minimum Gasteiger partial charge on any atom is -0.496 e. The van der Waals surface area contributed by atoms with Crippen molar-refractivity contribution in [3.63, 3.8) is 0 Å². The van der Waals surface area contributed by atoms with E-state index in [1.807, 2.05) is 73.7 Å². The van der Waals surface area contributed by atoms with Crippen molar-refractivity contribution in [3.05, 3.63) is 148 Å². The van der Waals surface area contributed by atoms with Crippen LogP contribution in [0.25, 0.3) is 12.2 Å². The molecule has 218 valence electrons. The van der Waals surface area contributed by atoms with Crippen LogP contribution < -0.4 is 30.7 Å². The molecule has 2 heterocycles. The van der Waals surface area contributed by atoms with Gasteiger partial charge in [-0.05, 0) is 89.4 Å². The Bertz CT molecular complexity index is 1780. The van der Waals surface area contributed by atoms with E-state index in [0.29, 0.717) is 17.0 Å². The van der Waals surface area contributed by atoms with Gasteiger partial charge in [-0.3, -0.25) is 4.79 Å².